The third-order valence-corrected chi connectivity index (χ3v) is 2.75. The topological polar surface area (TPSA) is 56.7 Å². The Morgan fingerprint density at radius 3 is 2.50 bits per heavy atom. The summed E-state index contributed by atoms with van der Waals surface area (Å²) in [6.07, 6.45) is 2.41. The molecule has 0 bridgehead atoms. The normalized spacial score (nSPS) is 14.4. The van der Waals surface area contributed by atoms with Gasteiger partial charge >= 0.3 is 0 Å². The highest BCUT2D eigenvalue weighted by atomic mass is 15.3. The first-order valence-electron chi connectivity index (χ1n) is 5.93. The van der Waals surface area contributed by atoms with Crippen LogP contribution in [-0.4, -0.2) is 20.8 Å². The minimum Gasteiger partial charge on any atom is -0.327 e. The summed E-state index contributed by atoms with van der Waals surface area (Å²) in [5, 5.41) is 4.24. The molecule has 2 N–H and O–H groups in total. The van der Waals surface area contributed by atoms with E-state index in [0.29, 0.717) is 5.92 Å². The number of rotatable bonds is 4. The van der Waals surface area contributed by atoms with Crippen molar-refractivity contribution in [2.24, 2.45) is 17.1 Å². The van der Waals surface area contributed by atoms with E-state index in [1.165, 1.54) is 0 Å². The van der Waals surface area contributed by atoms with E-state index in [1.807, 2.05) is 4.68 Å². The zero-order valence-electron chi connectivity index (χ0n) is 11.1. The Balaban J connectivity index is 2.70. The molecule has 0 saturated heterocycles. The fourth-order valence-electron chi connectivity index (χ4n) is 1.45. The van der Waals surface area contributed by atoms with E-state index >= 15 is 0 Å². The van der Waals surface area contributed by atoms with Crippen molar-refractivity contribution in [2.75, 3.05) is 0 Å². The molecule has 0 aromatic carbocycles. The average molecular weight is 224 g/mol. The lowest BCUT2D eigenvalue weighted by Crippen LogP contribution is -2.37. The molecule has 92 valence electrons. The van der Waals surface area contributed by atoms with Gasteiger partial charge < -0.3 is 5.73 Å². The van der Waals surface area contributed by atoms with E-state index in [0.717, 1.165) is 18.8 Å². The lowest BCUT2D eigenvalue weighted by Gasteiger charge is -2.26. The second-order valence-electron chi connectivity index (χ2n) is 5.93. The van der Waals surface area contributed by atoms with Gasteiger partial charge in [-0.1, -0.05) is 34.6 Å². The third kappa shape index (κ3) is 3.59. The maximum atomic E-state index is 6.16. The van der Waals surface area contributed by atoms with Gasteiger partial charge in [0.1, 0.15) is 12.2 Å². The first kappa shape index (κ1) is 13.2. The van der Waals surface area contributed by atoms with Crippen molar-refractivity contribution in [3.05, 3.63) is 12.2 Å². The fourth-order valence-corrected chi connectivity index (χ4v) is 1.45. The molecule has 4 heteroatoms. The van der Waals surface area contributed by atoms with Crippen molar-refractivity contribution in [1.29, 1.82) is 0 Å². The number of nitrogens with zero attached hydrogens (tertiary/aromatic N) is 3. The summed E-state index contributed by atoms with van der Waals surface area (Å²) in [6, 6.07) is 0.114. The molecule has 4 nitrogen and oxygen atoms in total. The molecule has 0 aliphatic rings. The Labute approximate surface area is 98.2 Å². The monoisotopic (exact) mass is 224 g/mol. The van der Waals surface area contributed by atoms with Gasteiger partial charge in [-0.3, -0.25) is 0 Å². The zero-order chi connectivity index (χ0) is 12.3. The predicted octanol–water partition coefficient (Wildman–Crippen LogP) is 1.85. The standard InChI is InChI=1S/C12H24N4/c1-9(2)7-16-11(14-8-15-16)6-10(13)12(3,4)5/h8-10H,6-7,13H2,1-5H3. The molecule has 0 spiro atoms. The molecule has 1 heterocycles. The van der Waals surface area contributed by atoms with Crippen molar-refractivity contribution in [1.82, 2.24) is 14.8 Å². The molecule has 0 fully saturated rings. The molecule has 0 aliphatic carbocycles. The van der Waals surface area contributed by atoms with Gasteiger partial charge in [0.25, 0.3) is 0 Å². The molecule has 0 amide bonds. The van der Waals surface area contributed by atoms with E-state index in [4.69, 9.17) is 5.73 Å². The molecule has 1 unspecified atom stereocenters. The van der Waals surface area contributed by atoms with Crippen LogP contribution >= 0.6 is 0 Å². The van der Waals surface area contributed by atoms with E-state index in [2.05, 4.69) is 44.7 Å². The Bertz CT molecular complexity index is 322. The molecule has 0 saturated carbocycles. The van der Waals surface area contributed by atoms with Gasteiger partial charge in [-0.2, -0.15) is 5.10 Å². The van der Waals surface area contributed by atoms with Gasteiger partial charge in [-0.05, 0) is 11.3 Å². The van der Waals surface area contributed by atoms with Crippen molar-refractivity contribution >= 4 is 0 Å². The van der Waals surface area contributed by atoms with Gasteiger partial charge in [0.2, 0.25) is 0 Å². The number of hydrogen-bond acceptors (Lipinski definition) is 3. The molecule has 0 radical (unpaired) electrons. The van der Waals surface area contributed by atoms with Crippen molar-refractivity contribution in [3.63, 3.8) is 0 Å². The fraction of sp³-hybridized carbons (Fsp3) is 0.833. The Morgan fingerprint density at radius 2 is 2.00 bits per heavy atom. The quantitative estimate of drug-likeness (QED) is 0.849. The summed E-state index contributed by atoms with van der Waals surface area (Å²) >= 11 is 0. The molecule has 16 heavy (non-hydrogen) atoms. The lowest BCUT2D eigenvalue weighted by atomic mass is 9.85. The molecule has 1 aromatic heterocycles. The van der Waals surface area contributed by atoms with E-state index in [9.17, 15) is 0 Å². The van der Waals surface area contributed by atoms with Crippen LogP contribution in [0.4, 0.5) is 0 Å². The van der Waals surface area contributed by atoms with Crippen LogP contribution in [0.3, 0.4) is 0 Å². The Kier molecular flexibility index (Phi) is 4.08. The van der Waals surface area contributed by atoms with E-state index in [-0.39, 0.29) is 11.5 Å². The Hall–Kier alpha value is -0.900. The molecular formula is C12H24N4. The van der Waals surface area contributed by atoms with Crippen LogP contribution in [-0.2, 0) is 13.0 Å². The van der Waals surface area contributed by atoms with Crippen molar-refractivity contribution in [2.45, 2.75) is 53.6 Å². The van der Waals surface area contributed by atoms with Crippen LogP contribution in [0.25, 0.3) is 0 Å². The summed E-state index contributed by atoms with van der Waals surface area (Å²) in [5.74, 6) is 1.57. The summed E-state index contributed by atoms with van der Waals surface area (Å²) in [6.45, 7) is 11.7. The third-order valence-electron chi connectivity index (χ3n) is 2.75. The molecule has 1 aromatic rings. The molecular weight excluding hydrogens is 200 g/mol. The van der Waals surface area contributed by atoms with Gasteiger partial charge in [0.15, 0.2) is 0 Å². The maximum absolute atomic E-state index is 6.16. The number of aromatic nitrogens is 3. The van der Waals surface area contributed by atoms with Crippen LogP contribution < -0.4 is 5.73 Å². The second kappa shape index (κ2) is 4.95. The van der Waals surface area contributed by atoms with Crippen molar-refractivity contribution < 1.29 is 0 Å². The lowest BCUT2D eigenvalue weighted by molar-refractivity contribution is 0.309. The molecule has 0 aliphatic heterocycles. The van der Waals surface area contributed by atoms with Gasteiger partial charge in [0, 0.05) is 19.0 Å². The van der Waals surface area contributed by atoms with Crippen LogP contribution in [0.2, 0.25) is 0 Å². The smallest absolute Gasteiger partial charge is 0.138 e. The zero-order valence-corrected chi connectivity index (χ0v) is 11.1. The molecule has 1 atom stereocenters. The summed E-state index contributed by atoms with van der Waals surface area (Å²) in [4.78, 5) is 4.29. The van der Waals surface area contributed by atoms with E-state index < -0.39 is 0 Å². The minimum atomic E-state index is 0.106. The average Bonchev–Trinajstić information content (AvgIpc) is 2.50. The number of hydrogen-bond donors (Lipinski definition) is 1. The predicted molar refractivity (Wildman–Crippen MR) is 66.0 cm³/mol. The van der Waals surface area contributed by atoms with Gasteiger partial charge in [-0.25, -0.2) is 9.67 Å². The highest BCUT2D eigenvalue weighted by Gasteiger charge is 2.22. The highest BCUT2D eigenvalue weighted by molar-refractivity contribution is 4.92. The molecule has 1 rings (SSSR count). The van der Waals surface area contributed by atoms with E-state index in [1.54, 1.807) is 6.33 Å². The van der Waals surface area contributed by atoms with Gasteiger partial charge in [0.05, 0.1) is 0 Å². The minimum absolute atomic E-state index is 0.106. The highest BCUT2D eigenvalue weighted by Crippen LogP contribution is 2.20. The summed E-state index contributed by atoms with van der Waals surface area (Å²) in [5.41, 5.74) is 6.27. The van der Waals surface area contributed by atoms with Crippen molar-refractivity contribution in [3.8, 4) is 0 Å². The first-order valence-corrected chi connectivity index (χ1v) is 5.93. The van der Waals surface area contributed by atoms with Crippen LogP contribution in [0.15, 0.2) is 6.33 Å². The van der Waals surface area contributed by atoms with Gasteiger partial charge in [-0.15, -0.1) is 0 Å². The largest absolute Gasteiger partial charge is 0.327 e. The first-order chi connectivity index (χ1) is 7.30. The number of nitrogens with two attached hydrogens (primary N) is 1. The van der Waals surface area contributed by atoms with Crippen LogP contribution in [0.1, 0.15) is 40.4 Å². The Morgan fingerprint density at radius 1 is 1.38 bits per heavy atom. The summed E-state index contributed by atoms with van der Waals surface area (Å²) in [7, 11) is 0. The van der Waals surface area contributed by atoms with Crippen LogP contribution in [0.5, 0.6) is 0 Å². The maximum Gasteiger partial charge on any atom is 0.138 e. The SMILES string of the molecule is CC(C)Cn1ncnc1CC(N)C(C)(C)C. The summed E-state index contributed by atoms with van der Waals surface area (Å²) < 4.78 is 1.97. The van der Waals surface area contributed by atoms with Crippen LogP contribution in [0, 0.1) is 11.3 Å². The second-order valence-corrected chi connectivity index (χ2v) is 5.93.